The van der Waals surface area contributed by atoms with Crippen molar-refractivity contribution in [1.29, 1.82) is 0 Å². The average molecular weight is 331 g/mol. The third kappa shape index (κ3) is 3.99. The van der Waals surface area contributed by atoms with Crippen molar-refractivity contribution in [2.45, 2.75) is 4.90 Å². The summed E-state index contributed by atoms with van der Waals surface area (Å²) in [5.74, 6) is -2.96. The molecule has 2 rings (SSSR count). The number of halogens is 3. The van der Waals surface area contributed by atoms with E-state index in [4.69, 9.17) is 4.74 Å². The minimum Gasteiger partial charge on any atom is -0.489 e. The van der Waals surface area contributed by atoms with Crippen molar-refractivity contribution in [2.75, 3.05) is 13.2 Å². The molecule has 0 saturated heterocycles. The summed E-state index contributed by atoms with van der Waals surface area (Å²) in [5.41, 5.74) is 0. The van der Waals surface area contributed by atoms with Gasteiger partial charge in [-0.25, -0.2) is 26.3 Å². The van der Waals surface area contributed by atoms with Crippen molar-refractivity contribution in [3.63, 3.8) is 0 Å². The van der Waals surface area contributed by atoms with Gasteiger partial charge in [0.2, 0.25) is 10.0 Å². The van der Waals surface area contributed by atoms with Crippen molar-refractivity contribution < 1.29 is 26.3 Å². The van der Waals surface area contributed by atoms with E-state index in [0.29, 0.717) is 6.07 Å². The molecule has 8 heteroatoms. The Morgan fingerprint density at radius 1 is 0.955 bits per heavy atom. The van der Waals surface area contributed by atoms with Gasteiger partial charge >= 0.3 is 0 Å². The zero-order chi connectivity index (χ0) is 16.2. The lowest BCUT2D eigenvalue weighted by Crippen LogP contribution is -2.28. The van der Waals surface area contributed by atoms with Gasteiger partial charge in [0.25, 0.3) is 0 Å². The highest BCUT2D eigenvalue weighted by Gasteiger charge is 2.16. The van der Waals surface area contributed by atoms with Gasteiger partial charge in [-0.3, -0.25) is 0 Å². The number of sulfonamides is 1. The van der Waals surface area contributed by atoms with Crippen LogP contribution in [0, 0.1) is 17.5 Å². The Hall–Kier alpha value is -2.06. The number of rotatable bonds is 6. The first-order chi connectivity index (χ1) is 10.4. The van der Waals surface area contributed by atoms with Crippen LogP contribution in [0.2, 0.25) is 0 Å². The summed E-state index contributed by atoms with van der Waals surface area (Å²) in [7, 11) is -3.99. The summed E-state index contributed by atoms with van der Waals surface area (Å²) in [4.78, 5) is -0.405. The van der Waals surface area contributed by atoms with Crippen LogP contribution in [-0.2, 0) is 10.0 Å². The molecule has 0 aliphatic carbocycles. The minimum absolute atomic E-state index is 0.00507. The monoisotopic (exact) mass is 331 g/mol. The maximum Gasteiger partial charge on any atom is 0.240 e. The summed E-state index contributed by atoms with van der Waals surface area (Å²) in [6, 6.07) is 7.92. The number of benzene rings is 2. The average Bonchev–Trinajstić information content (AvgIpc) is 2.48. The first kappa shape index (κ1) is 16.3. The first-order valence-corrected chi connectivity index (χ1v) is 7.70. The van der Waals surface area contributed by atoms with E-state index in [-0.39, 0.29) is 18.9 Å². The van der Waals surface area contributed by atoms with E-state index >= 15 is 0 Å². The van der Waals surface area contributed by atoms with Crippen molar-refractivity contribution in [3.05, 3.63) is 59.9 Å². The number of hydrogen-bond donors (Lipinski definition) is 1. The van der Waals surface area contributed by atoms with Gasteiger partial charge in [-0.2, -0.15) is 0 Å². The van der Waals surface area contributed by atoms with Gasteiger partial charge in [0, 0.05) is 6.54 Å². The molecule has 0 aliphatic heterocycles. The zero-order valence-electron chi connectivity index (χ0n) is 11.2. The van der Waals surface area contributed by atoms with E-state index in [1.165, 1.54) is 18.2 Å². The molecule has 1 N–H and O–H groups in total. The van der Waals surface area contributed by atoms with Crippen LogP contribution in [-0.4, -0.2) is 21.6 Å². The Labute approximate surface area is 125 Å². The summed E-state index contributed by atoms with van der Waals surface area (Å²) < 4.78 is 70.0. The molecule has 0 atom stereocenters. The van der Waals surface area contributed by atoms with Crippen molar-refractivity contribution in [3.8, 4) is 5.75 Å². The molecule has 0 unspecified atom stereocenters. The van der Waals surface area contributed by atoms with Gasteiger partial charge in [0.1, 0.15) is 6.61 Å². The van der Waals surface area contributed by atoms with Crippen LogP contribution in [0.3, 0.4) is 0 Å². The number of nitrogens with one attached hydrogen (secondary N) is 1. The molecule has 2 aromatic rings. The molecule has 0 saturated carbocycles. The highest BCUT2D eigenvalue weighted by molar-refractivity contribution is 7.89. The molecule has 0 amide bonds. The van der Waals surface area contributed by atoms with Crippen LogP contribution in [0.15, 0.2) is 47.4 Å². The summed E-state index contributed by atoms with van der Waals surface area (Å²) in [6.45, 7) is -0.278. The molecule has 118 valence electrons. The lowest BCUT2D eigenvalue weighted by molar-refractivity contribution is 0.306. The molecular formula is C14H12F3NO3S. The topological polar surface area (TPSA) is 55.4 Å². The fourth-order valence-corrected chi connectivity index (χ4v) is 2.65. The van der Waals surface area contributed by atoms with Crippen LogP contribution in [0.4, 0.5) is 13.2 Å². The quantitative estimate of drug-likeness (QED) is 0.828. The van der Waals surface area contributed by atoms with Gasteiger partial charge in [0.15, 0.2) is 23.2 Å². The summed E-state index contributed by atoms with van der Waals surface area (Å²) in [5, 5.41) is 0. The maximum absolute atomic E-state index is 13.3. The van der Waals surface area contributed by atoms with Crippen molar-refractivity contribution in [1.82, 2.24) is 4.72 Å². The SMILES string of the molecule is O=S(=O)(NCCOc1ccccc1F)c1ccc(F)c(F)c1. The molecule has 22 heavy (non-hydrogen) atoms. The predicted molar refractivity (Wildman–Crippen MR) is 73.4 cm³/mol. The van der Waals surface area contributed by atoms with E-state index in [2.05, 4.69) is 4.72 Å². The summed E-state index contributed by atoms with van der Waals surface area (Å²) in [6.07, 6.45) is 0. The van der Waals surface area contributed by atoms with Crippen LogP contribution in [0.5, 0.6) is 5.75 Å². The van der Waals surface area contributed by atoms with Gasteiger partial charge < -0.3 is 4.74 Å². The third-order valence-electron chi connectivity index (χ3n) is 2.69. The van der Waals surface area contributed by atoms with Gasteiger partial charge in [-0.1, -0.05) is 12.1 Å². The molecule has 4 nitrogen and oxygen atoms in total. The van der Waals surface area contributed by atoms with E-state index in [0.717, 1.165) is 12.1 Å². The third-order valence-corrected chi connectivity index (χ3v) is 4.15. The van der Waals surface area contributed by atoms with E-state index < -0.39 is 32.4 Å². The second-order valence-electron chi connectivity index (χ2n) is 4.25. The largest absolute Gasteiger partial charge is 0.489 e. The molecule has 0 spiro atoms. The van der Waals surface area contributed by atoms with E-state index in [9.17, 15) is 21.6 Å². The molecule has 0 aromatic heterocycles. The van der Waals surface area contributed by atoms with E-state index in [1.807, 2.05) is 0 Å². The van der Waals surface area contributed by atoms with Crippen LogP contribution >= 0.6 is 0 Å². The second kappa shape index (κ2) is 6.80. The fourth-order valence-electron chi connectivity index (χ4n) is 1.63. The maximum atomic E-state index is 13.3. The van der Waals surface area contributed by atoms with Crippen molar-refractivity contribution >= 4 is 10.0 Å². The molecule has 0 fully saturated rings. The second-order valence-corrected chi connectivity index (χ2v) is 6.02. The lowest BCUT2D eigenvalue weighted by atomic mass is 10.3. The van der Waals surface area contributed by atoms with E-state index in [1.54, 1.807) is 6.07 Å². The number of hydrogen-bond acceptors (Lipinski definition) is 3. The predicted octanol–water partition coefficient (Wildman–Crippen LogP) is 2.46. The zero-order valence-corrected chi connectivity index (χ0v) is 12.0. The Kier molecular flexibility index (Phi) is 5.04. The fraction of sp³-hybridized carbons (Fsp3) is 0.143. The molecule has 0 bridgehead atoms. The highest BCUT2D eigenvalue weighted by atomic mass is 32.2. The molecule has 2 aromatic carbocycles. The highest BCUT2D eigenvalue weighted by Crippen LogP contribution is 2.15. The normalized spacial score (nSPS) is 11.4. The number of ether oxygens (including phenoxy) is 1. The molecule has 0 aliphatic rings. The Morgan fingerprint density at radius 3 is 2.36 bits per heavy atom. The lowest BCUT2D eigenvalue weighted by Gasteiger charge is -2.09. The van der Waals surface area contributed by atoms with Gasteiger partial charge in [-0.05, 0) is 30.3 Å². The standard InChI is InChI=1S/C14H12F3NO3S/c15-11-6-5-10(9-13(11)17)22(19,20)18-7-8-21-14-4-2-1-3-12(14)16/h1-6,9,18H,7-8H2. The Morgan fingerprint density at radius 2 is 1.68 bits per heavy atom. The summed E-state index contributed by atoms with van der Waals surface area (Å²) >= 11 is 0. The number of para-hydroxylation sites is 1. The van der Waals surface area contributed by atoms with Crippen LogP contribution < -0.4 is 9.46 Å². The Bertz CT molecular complexity index is 766. The van der Waals surface area contributed by atoms with Crippen LogP contribution in [0.25, 0.3) is 0 Å². The smallest absolute Gasteiger partial charge is 0.240 e. The molecular weight excluding hydrogens is 319 g/mol. The van der Waals surface area contributed by atoms with Crippen molar-refractivity contribution in [2.24, 2.45) is 0 Å². The minimum atomic E-state index is -3.99. The molecule has 0 radical (unpaired) electrons. The van der Waals surface area contributed by atoms with Gasteiger partial charge in [-0.15, -0.1) is 0 Å². The van der Waals surface area contributed by atoms with Crippen LogP contribution in [0.1, 0.15) is 0 Å². The first-order valence-electron chi connectivity index (χ1n) is 6.22. The molecule has 0 heterocycles. The Balaban J connectivity index is 1.93. The van der Waals surface area contributed by atoms with Gasteiger partial charge in [0.05, 0.1) is 4.90 Å².